The molecule has 0 radical (unpaired) electrons. The lowest BCUT2D eigenvalue weighted by molar-refractivity contribution is -0.0527. The first kappa shape index (κ1) is 71.1. The van der Waals surface area contributed by atoms with Gasteiger partial charge in [0.25, 0.3) is 31.2 Å². The number of pyridine rings is 2. The SMILES string of the molecule is CC1(C)OB(c2ccc(F)c(OC(F)F)c2)OC1(C)C.COc1cc(-c2ccc(F)c(OC(F)F)c2)c(F)cc1-n1c(=O)ccc2cc(S(=O)(=O)Nc3ccon3)ccc21.COc1cc(Br)c(F)cc1-n1c(=O)ccc2cc(S(=O)(=O)Nc3ccon3)ccc21.P.P. The van der Waals surface area contributed by atoms with Gasteiger partial charge in [0, 0.05) is 52.7 Å². The van der Waals surface area contributed by atoms with Crippen LogP contribution in [0.4, 0.5) is 46.8 Å². The number of fused-ring (bicyclic) bond motifs is 2. The fourth-order valence-corrected chi connectivity index (χ4v) is 11.2. The maximum absolute atomic E-state index is 15.4. The van der Waals surface area contributed by atoms with Gasteiger partial charge in [-0.2, -0.15) is 37.4 Å². The molecule has 34 heteroatoms. The number of anilines is 2. The Kier molecular flexibility index (Phi) is 22.1. The van der Waals surface area contributed by atoms with Gasteiger partial charge in [0.15, 0.2) is 34.8 Å². The zero-order chi connectivity index (χ0) is 65.2. The summed E-state index contributed by atoms with van der Waals surface area (Å²) >= 11 is 3.09. The summed E-state index contributed by atoms with van der Waals surface area (Å²) in [4.78, 5) is 25.4. The van der Waals surface area contributed by atoms with Crippen LogP contribution in [0.5, 0.6) is 23.0 Å². The molecule has 0 spiro atoms. The van der Waals surface area contributed by atoms with Gasteiger partial charge in [-0.25, -0.2) is 34.4 Å². The number of rotatable bonds is 16. The topological polar surface area (TPSA) is 244 Å². The lowest BCUT2D eigenvalue weighted by Gasteiger charge is -2.32. The van der Waals surface area contributed by atoms with Gasteiger partial charge in [-0.05, 0) is 140 Å². The highest BCUT2D eigenvalue weighted by Gasteiger charge is 2.52. The molecule has 0 saturated carbocycles. The molecule has 1 aliphatic rings. The van der Waals surface area contributed by atoms with Crippen molar-refractivity contribution in [2.24, 2.45) is 0 Å². The first-order valence-corrected chi connectivity index (χ1v) is 29.7. The minimum Gasteiger partial charge on any atom is -0.495 e. The van der Waals surface area contributed by atoms with Gasteiger partial charge in [0.05, 0.1) is 62.1 Å². The molecule has 0 aliphatic carbocycles. The van der Waals surface area contributed by atoms with Crippen molar-refractivity contribution in [1.29, 1.82) is 0 Å². The third-order valence-electron chi connectivity index (χ3n) is 13.8. The van der Waals surface area contributed by atoms with E-state index >= 15 is 4.39 Å². The molecule has 1 fully saturated rings. The van der Waals surface area contributed by atoms with E-state index in [4.69, 9.17) is 18.8 Å². The lowest BCUT2D eigenvalue weighted by Crippen LogP contribution is -2.41. The molecule has 6 aromatic carbocycles. The first-order chi connectivity index (χ1) is 42.5. The molecule has 20 nitrogen and oxygen atoms in total. The van der Waals surface area contributed by atoms with E-state index in [1.165, 1.54) is 141 Å². The number of hydrogen-bond acceptors (Lipinski definition) is 16. The molecule has 0 amide bonds. The van der Waals surface area contributed by atoms with Crippen molar-refractivity contribution in [3.05, 3.63) is 194 Å². The van der Waals surface area contributed by atoms with Crippen molar-refractivity contribution in [1.82, 2.24) is 19.4 Å². The van der Waals surface area contributed by atoms with E-state index in [0.29, 0.717) is 21.8 Å². The number of sulfonamides is 2. The third-order valence-corrected chi connectivity index (χ3v) is 17.1. The predicted molar refractivity (Wildman–Crippen MR) is 337 cm³/mol. The maximum Gasteiger partial charge on any atom is 0.494 e. The Bertz CT molecular complexity index is 4680. The maximum atomic E-state index is 15.4. The first-order valence-electron chi connectivity index (χ1n) is 25.9. The average Bonchev–Trinajstić information content (AvgIpc) is 1.03. The monoisotopic (exact) mass is 1420 g/mol. The van der Waals surface area contributed by atoms with E-state index in [9.17, 15) is 57.2 Å². The average molecular weight is 1430 g/mol. The number of benzene rings is 6. The Morgan fingerprint density at radius 3 is 1.42 bits per heavy atom. The van der Waals surface area contributed by atoms with Crippen molar-refractivity contribution >= 4 is 102 Å². The fourth-order valence-electron chi connectivity index (χ4n) is 8.85. The van der Waals surface area contributed by atoms with E-state index in [-0.39, 0.29) is 85.2 Å². The third kappa shape index (κ3) is 15.6. The fraction of sp³-hybridized carbons (Fsp3) is 0.172. The molecular formula is C58H52BBrF8N6O14P2S2. The molecule has 2 N–H and O–H groups in total. The molecule has 0 bridgehead atoms. The number of nitrogens with zero attached hydrogens (tertiary/aromatic N) is 4. The Morgan fingerprint density at radius 2 is 0.978 bits per heavy atom. The second-order valence-corrected chi connectivity index (χ2v) is 24.3. The van der Waals surface area contributed by atoms with Crippen LogP contribution in [-0.2, 0) is 29.4 Å². The standard InChI is InChI=1S/C26H17F4N3O6S.C19H13BrFN3O5S.C13H16BF3O3.2H3P/c1-37-23-12-17(14-2-5-18(27)22(11-14)39-26(29)30)19(28)13-21(23)33-20-6-4-16(10-15(20)3-7-25(33)34)40(35,36)32-24-8-9-38-31-24;1-28-17-9-13(20)14(21)10-16(17)24-15-4-3-12(8-11(15)2-5-19(24)25)30(26,27)23-18-6-7-29-22-18;1-12(2)13(3,4)20-14(19-12)8-5-6-9(15)10(7-8)18-11(16)17;;/h2-13,26H,1H3,(H,31,32);2-10H,1H3,(H,22,23);5-7,11H,1-4H3;2*1H3. The van der Waals surface area contributed by atoms with Crippen LogP contribution in [0.1, 0.15) is 27.7 Å². The van der Waals surface area contributed by atoms with E-state index in [0.717, 1.165) is 28.8 Å². The van der Waals surface area contributed by atoms with Gasteiger partial charge in [-0.1, -0.05) is 22.4 Å². The second-order valence-electron chi connectivity index (χ2n) is 20.1. The quantitative estimate of drug-likeness (QED) is 0.0519. The zero-order valence-electron chi connectivity index (χ0n) is 48.7. The van der Waals surface area contributed by atoms with Crippen LogP contribution in [-0.4, -0.2) is 82.0 Å². The molecule has 5 heterocycles. The number of methoxy groups -OCH3 is 2. The zero-order valence-corrected chi connectivity index (χ0v) is 54.8. The Balaban J connectivity index is 0.000000205. The molecular weight excluding hydrogens is 1370 g/mol. The van der Waals surface area contributed by atoms with Crippen molar-refractivity contribution in [2.75, 3.05) is 23.7 Å². The van der Waals surface area contributed by atoms with Gasteiger partial charge in [0.1, 0.15) is 35.7 Å². The predicted octanol–water partition coefficient (Wildman–Crippen LogP) is 11.9. The lowest BCUT2D eigenvalue weighted by atomic mass is 9.79. The number of aromatic nitrogens is 4. The number of halogens is 9. The summed E-state index contributed by atoms with van der Waals surface area (Å²) in [6.07, 6.45) is 2.43. The number of alkyl halides is 4. The van der Waals surface area contributed by atoms with Gasteiger partial charge in [0.2, 0.25) is 0 Å². The molecule has 2 unspecified atom stereocenters. The van der Waals surface area contributed by atoms with E-state index < -0.39 is 97.5 Å². The molecule has 4 aromatic heterocycles. The largest absolute Gasteiger partial charge is 0.495 e. The minimum atomic E-state index is -4.06. The molecule has 1 saturated heterocycles. The van der Waals surface area contributed by atoms with Crippen LogP contribution >= 0.6 is 35.7 Å². The van der Waals surface area contributed by atoms with Crippen molar-refractivity contribution in [2.45, 2.75) is 61.9 Å². The van der Waals surface area contributed by atoms with Crippen molar-refractivity contribution in [3.8, 4) is 45.5 Å². The van der Waals surface area contributed by atoms with Crippen LogP contribution in [0.2, 0.25) is 0 Å². The highest BCUT2D eigenvalue weighted by atomic mass is 79.9. The molecule has 1 aliphatic heterocycles. The summed E-state index contributed by atoms with van der Waals surface area (Å²) in [5.41, 5.74) is -1.06. The molecule has 11 rings (SSSR count). The van der Waals surface area contributed by atoms with Gasteiger partial charge >= 0.3 is 20.3 Å². The number of ether oxygens (including phenoxy) is 4. The Morgan fingerprint density at radius 1 is 0.533 bits per heavy atom. The number of hydrogen-bond donors (Lipinski definition) is 2. The van der Waals surface area contributed by atoms with E-state index in [2.05, 4.69) is 54.2 Å². The van der Waals surface area contributed by atoms with Gasteiger partial charge < -0.3 is 37.3 Å². The summed E-state index contributed by atoms with van der Waals surface area (Å²) in [5.74, 6) is -4.39. The Labute approximate surface area is 533 Å². The summed E-state index contributed by atoms with van der Waals surface area (Å²) in [6.45, 7) is 1.09. The van der Waals surface area contributed by atoms with E-state index in [1.54, 1.807) is 0 Å². The smallest absolute Gasteiger partial charge is 0.494 e. The normalized spacial score (nSPS) is 13.3. The number of nitrogens with one attached hydrogen (secondary N) is 2. The summed E-state index contributed by atoms with van der Waals surface area (Å²) in [7, 11) is -6.08. The van der Waals surface area contributed by atoms with Gasteiger partial charge in [-0.15, -0.1) is 0 Å². The highest BCUT2D eigenvalue weighted by Crippen LogP contribution is 2.39. The van der Waals surface area contributed by atoms with Crippen LogP contribution in [0.25, 0.3) is 44.3 Å². The van der Waals surface area contributed by atoms with Crippen LogP contribution in [0.3, 0.4) is 0 Å². The van der Waals surface area contributed by atoms with Gasteiger partial charge in [-0.3, -0.25) is 28.2 Å². The second kappa shape index (κ2) is 28.6. The summed E-state index contributed by atoms with van der Waals surface area (Å²) in [6, 6.07) is 27.5. The summed E-state index contributed by atoms with van der Waals surface area (Å²) in [5, 5.41) is 7.81. The van der Waals surface area contributed by atoms with Crippen molar-refractivity contribution < 1.29 is 89.3 Å². The molecule has 92 heavy (non-hydrogen) atoms. The van der Waals surface area contributed by atoms with Crippen molar-refractivity contribution in [3.63, 3.8) is 0 Å². The molecule has 10 aromatic rings. The molecule has 2 atom stereocenters. The highest BCUT2D eigenvalue weighted by molar-refractivity contribution is 9.10. The Hall–Kier alpha value is -8.38. The van der Waals surface area contributed by atoms with Crippen LogP contribution in [0, 0.1) is 23.3 Å². The van der Waals surface area contributed by atoms with E-state index in [1.807, 2.05) is 27.7 Å². The van der Waals surface area contributed by atoms with Crippen LogP contribution in [0.15, 0.2) is 179 Å². The summed E-state index contributed by atoms with van der Waals surface area (Å²) < 4.78 is 204. The minimum absolute atomic E-state index is 0. The molecule has 486 valence electrons. The van der Waals surface area contributed by atoms with Crippen LogP contribution < -0.4 is 45.0 Å².